The van der Waals surface area contributed by atoms with Crippen molar-refractivity contribution in [2.24, 2.45) is 5.92 Å². The predicted octanol–water partition coefficient (Wildman–Crippen LogP) is 4.00. The third-order valence-electron chi connectivity index (χ3n) is 5.03. The minimum absolute atomic E-state index is 0.0440. The zero-order chi connectivity index (χ0) is 18.7. The number of nitrogens with zero attached hydrogens (tertiary/aromatic N) is 2. The van der Waals surface area contributed by atoms with E-state index in [2.05, 4.69) is 0 Å². The lowest BCUT2D eigenvalue weighted by atomic mass is 9.95. The van der Waals surface area contributed by atoms with Gasteiger partial charge in [-0.25, -0.2) is 0 Å². The van der Waals surface area contributed by atoms with Gasteiger partial charge in [0.05, 0.1) is 18.2 Å². The standard InChI is InChI=1S/C20H23ClN2O3/c1-14(18-6-4-12-26-18)22(2)19(24)16-5-3-11-23(13-16)20(25)15-7-9-17(21)10-8-15/h4,6-10,12,14,16H,3,5,11,13H2,1-2H3. The van der Waals surface area contributed by atoms with E-state index in [0.29, 0.717) is 23.7 Å². The predicted molar refractivity (Wildman–Crippen MR) is 100.0 cm³/mol. The second-order valence-electron chi connectivity index (χ2n) is 6.74. The Morgan fingerprint density at radius 1 is 1.27 bits per heavy atom. The van der Waals surface area contributed by atoms with Crippen LogP contribution >= 0.6 is 11.6 Å². The smallest absolute Gasteiger partial charge is 0.253 e. The molecule has 1 aromatic carbocycles. The monoisotopic (exact) mass is 374 g/mol. The first-order valence-corrected chi connectivity index (χ1v) is 9.20. The van der Waals surface area contributed by atoms with Crippen LogP contribution in [0.25, 0.3) is 0 Å². The van der Waals surface area contributed by atoms with Crippen molar-refractivity contribution in [3.63, 3.8) is 0 Å². The number of benzene rings is 1. The van der Waals surface area contributed by atoms with Crippen LogP contribution in [0.3, 0.4) is 0 Å². The van der Waals surface area contributed by atoms with Gasteiger partial charge in [-0.15, -0.1) is 0 Å². The first kappa shape index (κ1) is 18.5. The van der Waals surface area contributed by atoms with E-state index in [4.69, 9.17) is 16.0 Å². The maximum Gasteiger partial charge on any atom is 0.253 e. The highest BCUT2D eigenvalue weighted by atomic mass is 35.5. The second kappa shape index (κ2) is 7.96. The number of hydrogen-bond acceptors (Lipinski definition) is 3. The third kappa shape index (κ3) is 3.93. The van der Waals surface area contributed by atoms with Gasteiger partial charge in [-0.2, -0.15) is 0 Å². The van der Waals surface area contributed by atoms with Crippen molar-refractivity contribution in [2.45, 2.75) is 25.8 Å². The first-order valence-electron chi connectivity index (χ1n) is 8.82. The molecule has 1 fully saturated rings. The number of carbonyl (C=O) groups is 2. The molecule has 0 bridgehead atoms. The summed E-state index contributed by atoms with van der Waals surface area (Å²) in [6.45, 7) is 3.05. The van der Waals surface area contributed by atoms with Gasteiger partial charge in [-0.05, 0) is 56.2 Å². The van der Waals surface area contributed by atoms with Crippen molar-refractivity contribution in [1.82, 2.24) is 9.80 Å². The van der Waals surface area contributed by atoms with Crippen LogP contribution in [0.2, 0.25) is 5.02 Å². The Bertz CT molecular complexity index is 758. The molecule has 26 heavy (non-hydrogen) atoms. The van der Waals surface area contributed by atoms with Gasteiger partial charge in [0.1, 0.15) is 5.76 Å². The molecule has 0 N–H and O–H groups in total. The Balaban J connectivity index is 1.66. The van der Waals surface area contributed by atoms with Crippen molar-refractivity contribution >= 4 is 23.4 Å². The summed E-state index contributed by atoms with van der Waals surface area (Å²) >= 11 is 5.89. The highest BCUT2D eigenvalue weighted by Gasteiger charge is 2.32. The Labute approximate surface area is 158 Å². The summed E-state index contributed by atoms with van der Waals surface area (Å²) in [6, 6.07) is 10.4. The summed E-state index contributed by atoms with van der Waals surface area (Å²) < 4.78 is 5.41. The normalized spacial score (nSPS) is 18.4. The van der Waals surface area contributed by atoms with E-state index in [1.54, 1.807) is 47.4 Å². The number of hydrogen-bond donors (Lipinski definition) is 0. The molecule has 0 radical (unpaired) electrons. The van der Waals surface area contributed by atoms with E-state index in [9.17, 15) is 9.59 Å². The quantitative estimate of drug-likeness (QED) is 0.812. The van der Waals surface area contributed by atoms with Crippen molar-refractivity contribution in [3.8, 4) is 0 Å². The number of rotatable bonds is 4. The Morgan fingerprint density at radius 3 is 2.65 bits per heavy atom. The van der Waals surface area contributed by atoms with Gasteiger partial charge in [0.2, 0.25) is 5.91 Å². The molecule has 2 atom stereocenters. The Kier molecular flexibility index (Phi) is 5.67. The van der Waals surface area contributed by atoms with Crippen LogP contribution in [0.15, 0.2) is 47.1 Å². The van der Waals surface area contributed by atoms with E-state index in [1.807, 2.05) is 19.1 Å². The van der Waals surface area contributed by atoms with Gasteiger partial charge in [0.15, 0.2) is 0 Å². The maximum absolute atomic E-state index is 12.9. The van der Waals surface area contributed by atoms with Crippen LogP contribution in [0.5, 0.6) is 0 Å². The summed E-state index contributed by atoms with van der Waals surface area (Å²) in [6.07, 6.45) is 3.22. The molecule has 0 aliphatic carbocycles. The van der Waals surface area contributed by atoms with E-state index in [1.165, 1.54) is 0 Å². The van der Waals surface area contributed by atoms with Crippen LogP contribution in [-0.2, 0) is 4.79 Å². The van der Waals surface area contributed by atoms with Crippen LogP contribution in [0.4, 0.5) is 0 Å². The number of amides is 2. The lowest BCUT2D eigenvalue weighted by Gasteiger charge is -2.35. The molecule has 1 saturated heterocycles. The topological polar surface area (TPSA) is 53.8 Å². The van der Waals surface area contributed by atoms with Gasteiger partial charge in [-0.3, -0.25) is 9.59 Å². The third-order valence-corrected chi connectivity index (χ3v) is 5.28. The molecular weight excluding hydrogens is 352 g/mol. The van der Waals surface area contributed by atoms with Gasteiger partial charge >= 0.3 is 0 Å². The average molecular weight is 375 g/mol. The van der Waals surface area contributed by atoms with Crippen LogP contribution < -0.4 is 0 Å². The van der Waals surface area contributed by atoms with E-state index in [0.717, 1.165) is 18.6 Å². The molecule has 138 valence electrons. The first-order chi connectivity index (χ1) is 12.5. The van der Waals surface area contributed by atoms with Crippen molar-refractivity contribution in [3.05, 3.63) is 59.0 Å². The lowest BCUT2D eigenvalue weighted by Crippen LogP contribution is -2.46. The fourth-order valence-corrected chi connectivity index (χ4v) is 3.46. The number of piperidine rings is 1. The Hall–Kier alpha value is -2.27. The van der Waals surface area contributed by atoms with Crippen LogP contribution in [0, 0.1) is 5.92 Å². The summed E-state index contributed by atoms with van der Waals surface area (Å²) in [4.78, 5) is 29.1. The SMILES string of the molecule is CC(c1ccco1)N(C)C(=O)C1CCCN(C(=O)c2ccc(Cl)cc2)C1. The minimum Gasteiger partial charge on any atom is -0.467 e. The molecule has 2 amide bonds. The molecule has 3 rings (SSSR count). The number of halogens is 1. The van der Waals surface area contributed by atoms with Crippen LogP contribution in [-0.4, -0.2) is 41.8 Å². The molecule has 1 aliphatic heterocycles. The summed E-state index contributed by atoms with van der Waals surface area (Å²) in [5, 5.41) is 0.599. The number of likely N-dealkylation sites (tertiary alicyclic amines) is 1. The Morgan fingerprint density at radius 2 is 2.00 bits per heavy atom. The maximum atomic E-state index is 12.9. The number of carbonyl (C=O) groups excluding carboxylic acids is 2. The lowest BCUT2D eigenvalue weighted by molar-refractivity contribution is -0.137. The average Bonchev–Trinajstić information content (AvgIpc) is 3.21. The minimum atomic E-state index is -0.192. The molecule has 1 aliphatic rings. The fourth-order valence-electron chi connectivity index (χ4n) is 3.34. The van der Waals surface area contributed by atoms with Crippen LogP contribution in [0.1, 0.15) is 41.9 Å². The molecule has 0 saturated carbocycles. The zero-order valence-corrected chi connectivity index (χ0v) is 15.8. The van der Waals surface area contributed by atoms with Gasteiger partial charge in [0, 0.05) is 30.7 Å². The summed E-state index contributed by atoms with van der Waals surface area (Å²) in [7, 11) is 1.79. The highest BCUT2D eigenvalue weighted by Crippen LogP contribution is 2.25. The highest BCUT2D eigenvalue weighted by molar-refractivity contribution is 6.30. The largest absolute Gasteiger partial charge is 0.467 e. The molecule has 6 heteroatoms. The molecule has 5 nitrogen and oxygen atoms in total. The molecule has 2 heterocycles. The van der Waals surface area contributed by atoms with Gasteiger partial charge in [-0.1, -0.05) is 11.6 Å². The molecule has 0 spiro atoms. The second-order valence-corrected chi connectivity index (χ2v) is 7.17. The zero-order valence-electron chi connectivity index (χ0n) is 15.0. The number of furan rings is 1. The molecule has 2 unspecified atom stereocenters. The molecular formula is C20H23ClN2O3. The van der Waals surface area contributed by atoms with E-state index >= 15 is 0 Å². The van der Waals surface area contributed by atoms with Crippen molar-refractivity contribution < 1.29 is 14.0 Å². The van der Waals surface area contributed by atoms with Gasteiger partial charge < -0.3 is 14.2 Å². The van der Waals surface area contributed by atoms with Crippen molar-refractivity contribution in [1.29, 1.82) is 0 Å². The van der Waals surface area contributed by atoms with Gasteiger partial charge in [0.25, 0.3) is 5.91 Å². The van der Waals surface area contributed by atoms with Crippen molar-refractivity contribution in [2.75, 3.05) is 20.1 Å². The van der Waals surface area contributed by atoms with E-state index in [-0.39, 0.29) is 23.8 Å². The molecule has 2 aromatic rings. The summed E-state index contributed by atoms with van der Waals surface area (Å²) in [5.41, 5.74) is 0.597. The van der Waals surface area contributed by atoms with E-state index < -0.39 is 0 Å². The summed E-state index contributed by atoms with van der Waals surface area (Å²) in [5.74, 6) is 0.552. The molecule has 1 aromatic heterocycles. The fraction of sp³-hybridized carbons (Fsp3) is 0.400.